The number of carbonyl (C=O) groups is 1. The van der Waals surface area contributed by atoms with Gasteiger partial charge in [-0.1, -0.05) is 6.07 Å². The second-order valence-electron chi connectivity index (χ2n) is 8.11. The fraction of sp³-hybridized carbons (Fsp3) is 0.348. The van der Waals surface area contributed by atoms with Gasteiger partial charge in [-0.3, -0.25) is 9.48 Å². The van der Waals surface area contributed by atoms with Crippen LogP contribution in [0.15, 0.2) is 36.7 Å². The molecule has 8 nitrogen and oxygen atoms in total. The molecule has 2 atom stereocenters. The number of rotatable bonds is 7. The van der Waals surface area contributed by atoms with E-state index in [2.05, 4.69) is 20.7 Å². The number of methoxy groups -OCH3 is 1. The summed E-state index contributed by atoms with van der Waals surface area (Å²) in [6, 6.07) is 4.93. The molecule has 0 bridgehead atoms. The molecule has 10 heteroatoms. The zero-order chi connectivity index (χ0) is 23.7. The second-order valence-corrected chi connectivity index (χ2v) is 8.11. The highest BCUT2D eigenvalue weighted by Gasteiger charge is 2.36. The highest BCUT2D eigenvalue weighted by atomic mass is 19.1. The number of fused-ring (bicyclic) bond motifs is 1. The number of aromatic nitrogens is 3. The van der Waals surface area contributed by atoms with Gasteiger partial charge in [-0.15, -0.1) is 0 Å². The minimum Gasteiger partial charge on any atom is -0.379 e. The Balaban J connectivity index is 1.47. The van der Waals surface area contributed by atoms with Crippen LogP contribution in [0.1, 0.15) is 23.7 Å². The summed E-state index contributed by atoms with van der Waals surface area (Å²) in [4.78, 5) is 19.0. The van der Waals surface area contributed by atoms with E-state index in [1.807, 2.05) is 31.9 Å². The molecule has 0 aliphatic carbocycles. The Bertz CT molecular complexity index is 1180. The fourth-order valence-corrected chi connectivity index (χ4v) is 3.96. The van der Waals surface area contributed by atoms with Crippen molar-refractivity contribution in [1.82, 2.24) is 14.8 Å². The molecule has 174 valence electrons. The lowest BCUT2D eigenvalue weighted by molar-refractivity contribution is -0.120. The molecular weight excluding hydrogens is 430 g/mol. The monoisotopic (exact) mass is 456 g/mol. The van der Waals surface area contributed by atoms with Crippen molar-refractivity contribution >= 4 is 23.1 Å². The summed E-state index contributed by atoms with van der Waals surface area (Å²) in [6.07, 6.45) is 3.19. The molecule has 0 saturated carbocycles. The van der Waals surface area contributed by atoms with Crippen molar-refractivity contribution in [3.63, 3.8) is 0 Å². The lowest BCUT2D eigenvalue weighted by Crippen LogP contribution is -2.52. The number of hydrogen-bond donors (Lipinski definition) is 2. The predicted octanol–water partition coefficient (Wildman–Crippen LogP) is 3.32. The van der Waals surface area contributed by atoms with Gasteiger partial charge in [-0.25, -0.2) is 13.8 Å². The van der Waals surface area contributed by atoms with E-state index in [0.717, 1.165) is 17.3 Å². The maximum atomic E-state index is 13.9. The third kappa shape index (κ3) is 4.65. The summed E-state index contributed by atoms with van der Waals surface area (Å²) >= 11 is 0. The number of ether oxygens (including phenoxy) is 1. The molecule has 0 radical (unpaired) electrons. The number of likely N-dealkylation sites (N-methyl/N-ethyl adjacent to an activating group) is 1. The van der Waals surface area contributed by atoms with Gasteiger partial charge in [0.25, 0.3) is 0 Å². The van der Waals surface area contributed by atoms with Gasteiger partial charge in [0.05, 0.1) is 35.9 Å². The second kappa shape index (κ2) is 9.14. The quantitative estimate of drug-likeness (QED) is 0.568. The summed E-state index contributed by atoms with van der Waals surface area (Å²) in [6.45, 7) is 4.35. The van der Waals surface area contributed by atoms with Gasteiger partial charge in [-0.2, -0.15) is 5.10 Å². The van der Waals surface area contributed by atoms with Gasteiger partial charge >= 0.3 is 0 Å². The average Bonchev–Trinajstić information content (AvgIpc) is 3.22. The Morgan fingerprint density at radius 2 is 2.09 bits per heavy atom. The minimum atomic E-state index is -0.609. The van der Waals surface area contributed by atoms with Crippen LogP contribution in [0.25, 0.3) is 0 Å². The van der Waals surface area contributed by atoms with Crippen LogP contribution in [0.2, 0.25) is 0 Å². The summed E-state index contributed by atoms with van der Waals surface area (Å²) in [5.41, 5.74) is 3.46. The SMILES string of the molecule is CO[C@H](C)[C@H]1C(=O)Nc2c(cc(NCc3cnn(Cc4ccc(F)cc4F)c3)nc2C)N1C. The van der Waals surface area contributed by atoms with Crippen LogP contribution in [0, 0.1) is 18.6 Å². The van der Waals surface area contributed by atoms with Crippen LogP contribution in [0.3, 0.4) is 0 Å². The van der Waals surface area contributed by atoms with Crippen molar-refractivity contribution in [2.75, 3.05) is 29.7 Å². The number of nitrogens with zero attached hydrogens (tertiary/aromatic N) is 4. The molecule has 1 aromatic carbocycles. The molecule has 0 spiro atoms. The van der Waals surface area contributed by atoms with Crippen LogP contribution in [0.4, 0.5) is 26.0 Å². The Morgan fingerprint density at radius 1 is 1.30 bits per heavy atom. The number of pyridine rings is 1. The van der Waals surface area contributed by atoms with Crippen LogP contribution >= 0.6 is 0 Å². The molecule has 0 fully saturated rings. The van der Waals surface area contributed by atoms with Crippen LogP contribution in [0.5, 0.6) is 0 Å². The van der Waals surface area contributed by atoms with Crippen molar-refractivity contribution in [3.8, 4) is 0 Å². The molecule has 0 unspecified atom stereocenters. The van der Waals surface area contributed by atoms with E-state index in [0.29, 0.717) is 29.3 Å². The van der Waals surface area contributed by atoms with Crippen molar-refractivity contribution in [2.24, 2.45) is 0 Å². The first-order chi connectivity index (χ1) is 15.8. The number of halogens is 2. The van der Waals surface area contributed by atoms with Crippen LogP contribution < -0.4 is 15.5 Å². The molecule has 1 amide bonds. The summed E-state index contributed by atoms with van der Waals surface area (Å²) < 4.78 is 34.0. The first-order valence-electron chi connectivity index (χ1n) is 10.5. The summed E-state index contributed by atoms with van der Waals surface area (Å²) in [5.74, 6) is -0.691. The number of hydrogen-bond acceptors (Lipinski definition) is 6. The number of aryl methyl sites for hydroxylation is 1. The number of benzene rings is 1. The molecular formula is C23H26F2N6O2. The Hall–Kier alpha value is -3.53. The van der Waals surface area contributed by atoms with Crippen LogP contribution in [-0.2, 0) is 22.6 Å². The summed E-state index contributed by atoms with van der Waals surface area (Å²) in [7, 11) is 3.44. The number of anilines is 3. The van der Waals surface area contributed by atoms with E-state index in [-0.39, 0.29) is 18.6 Å². The third-order valence-electron chi connectivity index (χ3n) is 5.82. The normalized spacial score (nSPS) is 16.4. The van der Waals surface area contributed by atoms with E-state index in [1.165, 1.54) is 12.1 Å². The topological polar surface area (TPSA) is 84.3 Å². The van der Waals surface area contributed by atoms with E-state index in [1.54, 1.807) is 24.2 Å². The van der Waals surface area contributed by atoms with Crippen LogP contribution in [-0.4, -0.2) is 47.0 Å². The first-order valence-corrected chi connectivity index (χ1v) is 10.5. The largest absolute Gasteiger partial charge is 0.379 e. The van der Waals surface area contributed by atoms with Crippen molar-refractivity contribution in [3.05, 3.63) is 65.1 Å². The highest BCUT2D eigenvalue weighted by Crippen LogP contribution is 2.36. The molecule has 0 saturated heterocycles. The maximum Gasteiger partial charge on any atom is 0.249 e. The van der Waals surface area contributed by atoms with E-state index in [4.69, 9.17) is 4.74 Å². The van der Waals surface area contributed by atoms with Crippen molar-refractivity contribution < 1.29 is 18.3 Å². The third-order valence-corrected chi connectivity index (χ3v) is 5.82. The molecule has 4 rings (SSSR count). The Labute approximate surface area is 190 Å². The lowest BCUT2D eigenvalue weighted by Gasteiger charge is -2.38. The van der Waals surface area contributed by atoms with Gasteiger partial charge in [0.1, 0.15) is 23.5 Å². The molecule has 33 heavy (non-hydrogen) atoms. The predicted molar refractivity (Wildman–Crippen MR) is 121 cm³/mol. The zero-order valence-corrected chi connectivity index (χ0v) is 18.9. The molecule has 3 heterocycles. The minimum absolute atomic E-state index is 0.130. The molecule has 1 aliphatic rings. The average molecular weight is 456 g/mol. The number of carbonyl (C=O) groups excluding carboxylic acids is 1. The fourth-order valence-electron chi connectivity index (χ4n) is 3.96. The molecule has 1 aliphatic heterocycles. The summed E-state index contributed by atoms with van der Waals surface area (Å²) in [5, 5.41) is 10.5. The van der Waals surface area contributed by atoms with Crippen molar-refractivity contribution in [2.45, 2.75) is 39.1 Å². The van der Waals surface area contributed by atoms with E-state index < -0.39 is 17.7 Å². The smallest absolute Gasteiger partial charge is 0.249 e. The Kier molecular flexibility index (Phi) is 6.28. The van der Waals surface area contributed by atoms with Gasteiger partial charge < -0.3 is 20.3 Å². The van der Waals surface area contributed by atoms with Crippen molar-refractivity contribution in [1.29, 1.82) is 0 Å². The Morgan fingerprint density at radius 3 is 2.82 bits per heavy atom. The standard InChI is InChI=1S/C23H26F2N6O2/c1-13-21-19(30(3)22(14(2)33-4)23(32)29-21)8-20(28-13)26-9-15-10-27-31(11-15)12-16-5-6-17(24)7-18(16)25/h5-8,10-11,14,22H,9,12H2,1-4H3,(H,26,28)(H,29,32)/t14-,22+/m1/s1. The number of amides is 1. The maximum absolute atomic E-state index is 13.9. The van der Waals surface area contributed by atoms with E-state index >= 15 is 0 Å². The number of nitrogens with one attached hydrogen (secondary N) is 2. The van der Waals surface area contributed by atoms with Gasteiger partial charge in [0.2, 0.25) is 5.91 Å². The first kappa shape index (κ1) is 22.7. The lowest BCUT2D eigenvalue weighted by atomic mass is 10.0. The zero-order valence-electron chi connectivity index (χ0n) is 18.9. The molecule has 3 aromatic rings. The van der Waals surface area contributed by atoms with Gasteiger partial charge in [0.15, 0.2) is 0 Å². The van der Waals surface area contributed by atoms with E-state index in [9.17, 15) is 13.6 Å². The van der Waals surface area contributed by atoms with Gasteiger partial charge in [0, 0.05) is 50.2 Å². The molecule has 2 N–H and O–H groups in total. The van der Waals surface area contributed by atoms with Gasteiger partial charge in [-0.05, 0) is 19.9 Å². The highest BCUT2D eigenvalue weighted by molar-refractivity contribution is 6.04. The molecule has 2 aromatic heterocycles.